The minimum absolute atomic E-state index is 0. The first-order valence-corrected chi connectivity index (χ1v) is 3.98. The van der Waals surface area contributed by atoms with Crippen LogP contribution in [0.15, 0.2) is 0 Å². The van der Waals surface area contributed by atoms with Crippen LogP contribution in [0.25, 0.3) is 0 Å². The van der Waals surface area contributed by atoms with Crippen molar-refractivity contribution in [2.24, 2.45) is 11.8 Å². The summed E-state index contributed by atoms with van der Waals surface area (Å²) in [5.74, 6) is 12.5. The monoisotopic (exact) mass is 236 g/mol. The molecule has 1 radical (unpaired) electrons. The van der Waals surface area contributed by atoms with Crippen molar-refractivity contribution in [3.63, 3.8) is 0 Å². The Morgan fingerprint density at radius 3 is 2.08 bits per heavy atom. The second-order valence-electron chi connectivity index (χ2n) is 2.57. The fraction of sp³-hybridized carbons (Fsp3) is 0.545. The van der Waals surface area contributed by atoms with Gasteiger partial charge in [0.25, 0.3) is 0 Å². The average Bonchev–Trinajstić information content (AvgIpc) is 2.00. The van der Waals surface area contributed by atoms with Gasteiger partial charge in [0.1, 0.15) is 0 Å². The van der Waals surface area contributed by atoms with Crippen LogP contribution >= 0.6 is 0 Å². The van der Waals surface area contributed by atoms with Gasteiger partial charge in [0.15, 0.2) is 0 Å². The van der Waals surface area contributed by atoms with Gasteiger partial charge in [-0.2, -0.15) is 6.92 Å². The van der Waals surface area contributed by atoms with E-state index in [0.717, 1.165) is 6.42 Å². The van der Waals surface area contributed by atoms with E-state index in [9.17, 15) is 0 Å². The Labute approximate surface area is 102 Å². The van der Waals surface area contributed by atoms with Crippen LogP contribution in [0.3, 0.4) is 0 Å². The maximum absolute atomic E-state index is 3.48. The van der Waals surface area contributed by atoms with E-state index in [1.165, 1.54) is 0 Å². The molecule has 2 atom stereocenters. The van der Waals surface area contributed by atoms with E-state index < -0.39 is 0 Å². The van der Waals surface area contributed by atoms with Crippen LogP contribution in [0, 0.1) is 42.4 Å². The molecule has 0 amide bonds. The summed E-state index contributed by atoms with van der Waals surface area (Å²) in [5.41, 5.74) is 0. The van der Waals surface area contributed by atoms with Crippen LogP contribution in [-0.2, 0) is 32.7 Å². The third-order valence-corrected chi connectivity index (χ3v) is 1.59. The summed E-state index contributed by atoms with van der Waals surface area (Å²) in [5, 5.41) is 0. The molecule has 0 bridgehead atoms. The molecule has 0 fully saturated rings. The van der Waals surface area contributed by atoms with Crippen LogP contribution in [0.4, 0.5) is 0 Å². The predicted molar refractivity (Wildman–Crippen MR) is 49.5 cm³/mol. The molecule has 0 aromatic heterocycles. The van der Waals surface area contributed by atoms with Gasteiger partial charge in [-0.1, -0.05) is 26.7 Å². The van der Waals surface area contributed by atoms with Crippen molar-refractivity contribution < 1.29 is 32.7 Å². The van der Waals surface area contributed by atoms with Crippen molar-refractivity contribution in [2.75, 3.05) is 0 Å². The Morgan fingerprint density at radius 1 is 1.17 bits per heavy atom. The minimum Gasteiger partial charge on any atom is -0.323 e. The van der Waals surface area contributed by atoms with Gasteiger partial charge in [-0.05, 0) is 0 Å². The van der Waals surface area contributed by atoms with Gasteiger partial charge in [-0.25, -0.2) is 0 Å². The number of rotatable bonds is 1. The molecule has 63 valence electrons. The SMILES string of the molecule is [CH2-]C#CC(C)C(C)C#CCC.[Y]. The maximum Gasteiger partial charge on any atom is 0.0134 e. The molecular formula is C11H15Y-. The zero-order valence-corrected chi connectivity index (χ0v) is 11.0. The second-order valence-corrected chi connectivity index (χ2v) is 2.57. The third-order valence-electron chi connectivity index (χ3n) is 1.59. The number of hydrogen-bond donors (Lipinski definition) is 0. The van der Waals surface area contributed by atoms with Gasteiger partial charge >= 0.3 is 0 Å². The third kappa shape index (κ3) is 6.78. The summed E-state index contributed by atoms with van der Waals surface area (Å²) in [4.78, 5) is 0. The Hall–Kier alpha value is 0.0939. The van der Waals surface area contributed by atoms with Gasteiger partial charge in [0.2, 0.25) is 0 Å². The van der Waals surface area contributed by atoms with E-state index in [4.69, 9.17) is 0 Å². The fourth-order valence-corrected chi connectivity index (χ4v) is 0.674. The van der Waals surface area contributed by atoms with E-state index in [1.807, 2.05) is 0 Å². The van der Waals surface area contributed by atoms with Crippen LogP contribution in [0.5, 0.6) is 0 Å². The molecule has 0 heterocycles. The molecule has 0 aliphatic carbocycles. The maximum atomic E-state index is 3.48. The fourth-order valence-electron chi connectivity index (χ4n) is 0.674. The molecule has 0 aromatic carbocycles. The first-order valence-electron chi connectivity index (χ1n) is 3.98. The Morgan fingerprint density at radius 2 is 1.67 bits per heavy atom. The summed E-state index contributed by atoms with van der Waals surface area (Å²) in [6.07, 6.45) is 0.925. The van der Waals surface area contributed by atoms with Gasteiger partial charge in [-0.15, -0.1) is 11.8 Å². The zero-order chi connectivity index (χ0) is 8.69. The first kappa shape index (κ1) is 14.6. The summed E-state index contributed by atoms with van der Waals surface area (Å²) >= 11 is 0. The summed E-state index contributed by atoms with van der Waals surface area (Å²) in [6.45, 7) is 9.70. The molecule has 2 unspecified atom stereocenters. The molecule has 0 N–H and O–H groups in total. The van der Waals surface area contributed by atoms with Crippen molar-refractivity contribution in [1.82, 2.24) is 0 Å². The average molecular weight is 236 g/mol. The van der Waals surface area contributed by atoms with E-state index in [1.54, 1.807) is 0 Å². The van der Waals surface area contributed by atoms with E-state index in [2.05, 4.69) is 51.4 Å². The van der Waals surface area contributed by atoms with Crippen molar-refractivity contribution in [2.45, 2.75) is 27.2 Å². The zero-order valence-electron chi connectivity index (χ0n) is 8.15. The quantitative estimate of drug-likeness (QED) is 0.484. The standard InChI is InChI=1S/C11H15.Y/c1-5-7-9-11(4)10(3)8-6-2;/h10-11H,2,5H2,1,3-4H3;/q-1;. The molecule has 12 heavy (non-hydrogen) atoms. The van der Waals surface area contributed by atoms with Crippen molar-refractivity contribution in [3.8, 4) is 23.7 Å². The van der Waals surface area contributed by atoms with E-state index in [0.29, 0.717) is 11.8 Å². The van der Waals surface area contributed by atoms with Gasteiger partial charge in [0, 0.05) is 45.0 Å². The van der Waals surface area contributed by atoms with Gasteiger partial charge < -0.3 is 5.92 Å². The van der Waals surface area contributed by atoms with Crippen LogP contribution in [0.2, 0.25) is 0 Å². The Bertz CT molecular complexity index is 209. The molecule has 0 aliphatic heterocycles. The normalized spacial score (nSPS) is 12.2. The van der Waals surface area contributed by atoms with E-state index >= 15 is 0 Å². The predicted octanol–water partition coefficient (Wildman–Crippen LogP) is 2.51. The molecule has 0 aromatic rings. The molecule has 0 nitrogen and oxygen atoms in total. The molecule has 1 heteroatoms. The molecule has 0 saturated carbocycles. The van der Waals surface area contributed by atoms with Crippen LogP contribution in [-0.4, -0.2) is 0 Å². The topological polar surface area (TPSA) is 0 Å². The van der Waals surface area contributed by atoms with Crippen molar-refractivity contribution in [1.29, 1.82) is 0 Å². The van der Waals surface area contributed by atoms with Crippen LogP contribution in [0.1, 0.15) is 27.2 Å². The van der Waals surface area contributed by atoms with Crippen molar-refractivity contribution >= 4 is 0 Å². The molecule has 0 spiro atoms. The number of hydrogen-bond acceptors (Lipinski definition) is 0. The van der Waals surface area contributed by atoms with E-state index in [-0.39, 0.29) is 32.7 Å². The molecule has 0 rings (SSSR count). The smallest absolute Gasteiger partial charge is 0.0134 e. The summed E-state index contributed by atoms with van der Waals surface area (Å²) < 4.78 is 0. The van der Waals surface area contributed by atoms with Crippen LogP contribution < -0.4 is 0 Å². The summed E-state index contributed by atoms with van der Waals surface area (Å²) in [7, 11) is 0. The molecular weight excluding hydrogens is 221 g/mol. The molecule has 0 aliphatic rings. The second kappa shape index (κ2) is 9.18. The van der Waals surface area contributed by atoms with Crippen molar-refractivity contribution in [3.05, 3.63) is 6.92 Å². The summed E-state index contributed by atoms with van der Waals surface area (Å²) in [6, 6.07) is 0. The van der Waals surface area contributed by atoms with Gasteiger partial charge in [-0.3, -0.25) is 5.92 Å². The largest absolute Gasteiger partial charge is 0.323 e. The Kier molecular flexibility index (Phi) is 11.2. The first-order chi connectivity index (χ1) is 5.22. The molecule has 0 saturated heterocycles. The van der Waals surface area contributed by atoms with Gasteiger partial charge in [0.05, 0.1) is 0 Å². The Balaban J connectivity index is 0. The minimum atomic E-state index is 0.